The summed E-state index contributed by atoms with van der Waals surface area (Å²) >= 11 is 3.54. The standard InChI is InChI=1S/C18H20BrN5O/c1-3-23-15(18(25)24(10-4-5-10)11-6-7-11)9(2)12-13-14(21-8-20-13)16(19)22-17(12)23/h8,10-11H,3-7H2,1-2H3,(H,20,21). The van der Waals surface area contributed by atoms with E-state index >= 15 is 0 Å². The second-order valence-electron chi connectivity index (χ2n) is 7.12. The lowest BCUT2D eigenvalue weighted by Gasteiger charge is -2.23. The molecule has 0 unspecified atom stereocenters. The Hall–Kier alpha value is -1.89. The smallest absolute Gasteiger partial charge is 0.271 e. The number of hydrogen-bond acceptors (Lipinski definition) is 3. The first kappa shape index (κ1) is 15.4. The van der Waals surface area contributed by atoms with Crippen molar-refractivity contribution >= 4 is 43.9 Å². The van der Waals surface area contributed by atoms with Gasteiger partial charge in [0.25, 0.3) is 5.91 Å². The van der Waals surface area contributed by atoms with Crippen LogP contribution in [0, 0.1) is 6.92 Å². The molecule has 3 heterocycles. The minimum absolute atomic E-state index is 0.169. The van der Waals surface area contributed by atoms with E-state index in [9.17, 15) is 4.79 Å². The van der Waals surface area contributed by atoms with Crippen molar-refractivity contribution in [3.63, 3.8) is 0 Å². The number of halogens is 1. The normalized spacial score (nSPS) is 17.6. The number of hydrogen-bond donors (Lipinski definition) is 1. The summed E-state index contributed by atoms with van der Waals surface area (Å²) in [5.41, 5.74) is 4.36. The van der Waals surface area contributed by atoms with Crippen LogP contribution in [0.2, 0.25) is 0 Å². The number of carbonyl (C=O) groups excluding carboxylic acids is 1. The van der Waals surface area contributed by atoms with Gasteiger partial charge in [-0.2, -0.15) is 0 Å². The molecule has 1 amide bonds. The Morgan fingerprint density at radius 2 is 2.04 bits per heavy atom. The molecular formula is C18H20BrN5O. The molecule has 2 fully saturated rings. The maximum absolute atomic E-state index is 13.5. The van der Waals surface area contributed by atoms with E-state index in [2.05, 4.69) is 42.3 Å². The Balaban J connectivity index is 1.77. The fraction of sp³-hybridized carbons (Fsp3) is 0.500. The number of aromatic amines is 1. The van der Waals surface area contributed by atoms with Crippen molar-refractivity contribution in [2.24, 2.45) is 0 Å². The van der Waals surface area contributed by atoms with Crippen molar-refractivity contribution in [1.29, 1.82) is 0 Å². The molecule has 0 radical (unpaired) electrons. The molecule has 0 saturated heterocycles. The van der Waals surface area contributed by atoms with Gasteiger partial charge in [-0.15, -0.1) is 0 Å². The summed E-state index contributed by atoms with van der Waals surface area (Å²) in [7, 11) is 0. The highest BCUT2D eigenvalue weighted by atomic mass is 79.9. The van der Waals surface area contributed by atoms with Crippen LogP contribution in [0.4, 0.5) is 0 Å². The number of imidazole rings is 1. The van der Waals surface area contributed by atoms with Crippen molar-refractivity contribution < 1.29 is 4.79 Å². The number of fused-ring (bicyclic) bond motifs is 3. The topological polar surface area (TPSA) is 66.8 Å². The monoisotopic (exact) mass is 401 g/mol. The molecule has 2 aliphatic carbocycles. The average molecular weight is 402 g/mol. The largest absolute Gasteiger partial charge is 0.342 e. The minimum Gasteiger partial charge on any atom is -0.342 e. The first-order valence-electron chi connectivity index (χ1n) is 8.95. The molecule has 0 bridgehead atoms. The predicted molar refractivity (Wildman–Crippen MR) is 99.7 cm³/mol. The second kappa shape index (κ2) is 5.30. The molecule has 2 saturated carbocycles. The third kappa shape index (κ3) is 2.18. The summed E-state index contributed by atoms with van der Waals surface area (Å²) in [5.74, 6) is 0.169. The number of rotatable bonds is 4. The van der Waals surface area contributed by atoms with E-state index < -0.39 is 0 Å². The zero-order valence-corrected chi connectivity index (χ0v) is 15.9. The molecule has 3 aromatic heterocycles. The fourth-order valence-electron chi connectivity index (χ4n) is 3.96. The number of carbonyl (C=O) groups is 1. The zero-order chi connectivity index (χ0) is 17.3. The lowest BCUT2D eigenvalue weighted by atomic mass is 10.1. The Labute approximate surface area is 153 Å². The SMILES string of the molecule is CCn1c(C(=O)N(C2CC2)C2CC2)c(C)c2c3nc[nH]c3c(Br)nc21. The van der Waals surface area contributed by atoms with Gasteiger partial charge >= 0.3 is 0 Å². The molecule has 6 nitrogen and oxygen atoms in total. The zero-order valence-electron chi connectivity index (χ0n) is 14.3. The lowest BCUT2D eigenvalue weighted by Crippen LogP contribution is -2.36. The second-order valence-corrected chi connectivity index (χ2v) is 7.87. The highest BCUT2D eigenvalue weighted by Crippen LogP contribution is 2.40. The minimum atomic E-state index is 0.169. The molecule has 25 heavy (non-hydrogen) atoms. The Morgan fingerprint density at radius 3 is 2.64 bits per heavy atom. The molecule has 2 aliphatic rings. The van der Waals surface area contributed by atoms with Gasteiger partial charge in [-0.25, -0.2) is 9.97 Å². The van der Waals surface area contributed by atoms with E-state index in [0.717, 1.165) is 63.6 Å². The van der Waals surface area contributed by atoms with Crippen molar-refractivity contribution in [2.45, 2.75) is 58.2 Å². The maximum atomic E-state index is 13.5. The van der Waals surface area contributed by atoms with Crippen LogP contribution in [0.25, 0.3) is 22.1 Å². The highest BCUT2D eigenvalue weighted by molar-refractivity contribution is 9.10. The van der Waals surface area contributed by atoms with Gasteiger partial charge in [0.05, 0.1) is 17.2 Å². The Morgan fingerprint density at radius 1 is 1.36 bits per heavy atom. The third-order valence-corrected chi connectivity index (χ3v) is 5.97. The molecule has 130 valence electrons. The van der Waals surface area contributed by atoms with Crippen molar-refractivity contribution in [3.05, 3.63) is 22.2 Å². The number of pyridine rings is 1. The van der Waals surface area contributed by atoms with Crippen LogP contribution in [0.3, 0.4) is 0 Å². The summed E-state index contributed by atoms with van der Waals surface area (Å²) in [5, 5.41) is 0.983. The molecule has 0 spiro atoms. The first-order chi connectivity index (χ1) is 12.1. The van der Waals surface area contributed by atoms with Crippen LogP contribution in [-0.4, -0.2) is 42.4 Å². The van der Waals surface area contributed by atoms with E-state index in [4.69, 9.17) is 4.98 Å². The van der Waals surface area contributed by atoms with Crippen molar-refractivity contribution in [3.8, 4) is 0 Å². The van der Waals surface area contributed by atoms with Gasteiger partial charge in [-0.05, 0) is 61.0 Å². The van der Waals surface area contributed by atoms with Crippen LogP contribution >= 0.6 is 15.9 Å². The summed E-state index contributed by atoms with van der Waals surface area (Å²) < 4.78 is 2.80. The maximum Gasteiger partial charge on any atom is 0.271 e. The quantitative estimate of drug-likeness (QED) is 0.676. The van der Waals surface area contributed by atoms with Crippen LogP contribution in [-0.2, 0) is 6.54 Å². The molecular weight excluding hydrogens is 382 g/mol. The Bertz CT molecular complexity index is 1000. The number of aromatic nitrogens is 4. The van der Waals surface area contributed by atoms with Gasteiger partial charge in [0.15, 0.2) is 0 Å². The van der Waals surface area contributed by atoms with Gasteiger partial charge in [0.2, 0.25) is 0 Å². The van der Waals surface area contributed by atoms with Gasteiger partial charge in [-0.1, -0.05) is 0 Å². The summed E-state index contributed by atoms with van der Waals surface area (Å²) in [6.45, 7) is 4.81. The lowest BCUT2D eigenvalue weighted by molar-refractivity contribution is 0.0718. The van der Waals surface area contributed by atoms with Gasteiger partial charge in [0.1, 0.15) is 21.5 Å². The van der Waals surface area contributed by atoms with Crippen LogP contribution in [0.1, 0.15) is 48.7 Å². The third-order valence-electron chi connectivity index (χ3n) is 5.40. The number of H-pyrrole nitrogens is 1. The van der Waals surface area contributed by atoms with E-state index in [1.165, 1.54) is 0 Å². The molecule has 3 aromatic rings. The Kier molecular flexibility index (Phi) is 3.26. The number of aryl methyl sites for hydroxylation is 2. The molecule has 7 heteroatoms. The first-order valence-corrected chi connectivity index (χ1v) is 9.75. The predicted octanol–water partition coefficient (Wildman–Crippen LogP) is 3.77. The summed E-state index contributed by atoms with van der Waals surface area (Å²) in [4.78, 5) is 28.0. The van der Waals surface area contributed by atoms with Crippen LogP contribution in [0.15, 0.2) is 10.9 Å². The van der Waals surface area contributed by atoms with Crippen molar-refractivity contribution in [1.82, 2.24) is 24.4 Å². The highest BCUT2D eigenvalue weighted by Gasteiger charge is 2.43. The van der Waals surface area contributed by atoms with Gasteiger partial charge in [-0.3, -0.25) is 4.79 Å². The molecule has 1 N–H and O–H groups in total. The number of amides is 1. The van der Waals surface area contributed by atoms with E-state index in [1.807, 2.05) is 6.92 Å². The van der Waals surface area contributed by atoms with Gasteiger partial charge in [0, 0.05) is 18.6 Å². The number of nitrogens with zero attached hydrogens (tertiary/aromatic N) is 4. The van der Waals surface area contributed by atoms with Crippen molar-refractivity contribution in [2.75, 3.05) is 0 Å². The fourth-order valence-corrected chi connectivity index (χ4v) is 4.43. The van der Waals surface area contributed by atoms with Crippen LogP contribution < -0.4 is 0 Å². The van der Waals surface area contributed by atoms with Crippen LogP contribution in [0.5, 0.6) is 0 Å². The summed E-state index contributed by atoms with van der Waals surface area (Å²) in [6.07, 6.45) is 6.24. The summed E-state index contributed by atoms with van der Waals surface area (Å²) in [6, 6.07) is 0.876. The average Bonchev–Trinajstić information content (AvgIpc) is 3.52. The molecule has 0 atom stereocenters. The molecule has 0 aliphatic heterocycles. The molecule has 5 rings (SSSR count). The van der Waals surface area contributed by atoms with E-state index in [0.29, 0.717) is 18.6 Å². The molecule has 0 aromatic carbocycles. The van der Waals surface area contributed by atoms with E-state index in [1.54, 1.807) is 6.33 Å². The number of nitrogens with one attached hydrogen (secondary N) is 1. The van der Waals surface area contributed by atoms with Gasteiger partial charge < -0.3 is 14.5 Å². The van der Waals surface area contributed by atoms with E-state index in [-0.39, 0.29) is 5.91 Å².